The highest BCUT2D eigenvalue weighted by molar-refractivity contribution is 6.36. The molecule has 0 saturated heterocycles. The topological polar surface area (TPSA) is 43.8 Å². The maximum absolute atomic E-state index is 13.6. The Hall–Kier alpha value is -1.26. The van der Waals surface area contributed by atoms with Crippen LogP contribution in [0.1, 0.15) is 25.8 Å². The van der Waals surface area contributed by atoms with Gasteiger partial charge in [0.2, 0.25) is 0 Å². The standard InChI is InChI=1S/C14H14Cl2FN3/c1-7(8-2-3-8)20-6-13(18)14(19-20)9-4-12(17)11(16)5-10(9)15/h4-8H,2-3,18H2,1H3. The SMILES string of the molecule is CC(C1CC1)n1cc(N)c(-c2cc(F)c(Cl)cc2Cl)n1. The van der Waals surface area contributed by atoms with Crippen LogP contribution in [0.2, 0.25) is 10.0 Å². The second kappa shape index (κ2) is 4.93. The second-order valence-corrected chi connectivity index (χ2v) is 6.05. The van der Waals surface area contributed by atoms with Crippen LogP contribution in [-0.4, -0.2) is 9.78 Å². The molecule has 0 aliphatic heterocycles. The molecule has 1 saturated carbocycles. The van der Waals surface area contributed by atoms with Gasteiger partial charge in [-0.1, -0.05) is 23.2 Å². The van der Waals surface area contributed by atoms with E-state index in [9.17, 15) is 4.39 Å². The van der Waals surface area contributed by atoms with Crippen molar-refractivity contribution in [3.05, 3.63) is 34.2 Å². The summed E-state index contributed by atoms with van der Waals surface area (Å²) in [5.74, 6) is 0.120. The fraction of sp³-hybridized carbons (Fsp3) is 0.357. The lowest BCUT2D eigenvalue weighted by Crippen LogP contribution is -2.07. The Bertz CT molecular complexity index is 665. The first-order chi connectivity index (χ1) is 9.47. The molecule has 6 heteroatoms. The van der Waals surface area contributed by atoms with E-state index in [1.807, 2.05) is 4.68 Å². The van der Waals surface area contributed by atoms with Crippen LogP contribution in [0.3, 0.4) is 0 Å². The van der Waals surface area contributed by atoms with Gasteiger partial charge in [0.1, 0.15) is 11.5 Å². The third-order valence-corrected chi connectivity index (χ3v) is 4.35. The van der Waals surface area contributed by atoms with Gasteiger partial charge in [0, 0.05) is 11.8 Å². The van der Waals surface area contributed by atoms with E-state index >= 15 is 0 Å². The van der Waals surface area contributed by atoms with E-state index in [1.165, 1.54) is 25.0 Å². The first-order valence-electron chi connectivity index (χ1n) is 6.47. The van der Waals surface area contributed by atoms with E-state index in [-0.39, 0.29) is 5.02 Å². The summed E-state index contributed by atoms with van der Waals surface area (Å²) >= 11 is 11.8. The summed E-state index contributed by atoms with van der Waals surface area (Å²) in [4.78, 5) is 0. The van der Waals surface area contributed by atoms with E-state index in [1.54, 1.807) is 6.20 Å². The molecule has 1 atom stereocenters. The Morgan fingerprint density at radius 2 is 2.05 bits per heavy atom. The molecule has 0 spiro atoms. The van der Waals surface area contributed by atoms with Crippen molar-refractivity contribution in [3.8, 4) is 11.3 Å². The van der Waals surface area contributed by atoms with Gasteiger partial charge in [-0.15, -0.1) is 0 Å². The summed E-state index contributed by atoms with van der Waals surface area (Å²) < 4.78 is 15.5. The fourth-order valence-corrected chi connectivity index (χ4v) is 2.80. The molecule has 1 aromatic carbocycles. The number of halogens is 3. The molecule has 20 heavy (non-hydrogen) atoms. The Labute approximate surface area is 126 Å². The van der Waals surface area contributed by atoms with Crippen molar-refractivity contribution in [2.45, 2.75) is 25.8 Å². The first kappa shape index (κ1) is 13.7. The van der Waals surface area contributed by atoms with Crippen LogP contribution in [0, 0.1) is 11.7 Å². The maximum Gasteiger partial charge on any atom is 0.142 e. The summed E-state index contributed by atoms with van der Waals surface area (Å²) in [6, 6.07) is 2.94. The number of nitrogen functional groups attached to an aromatic ring is 1. The largest absolute Gasteiger partial charge is 0.396 e. The summed E-state index contributed by atoms with van der Waals surface area (Å²) in [6.07, 6.45) is 4.21. The van der Waals surface area contributed by atoms with Crippen molar-refractivity contribution in [1.29, 1.82) is 0 Å². The molecule has 1 fully saturated rings. The molecule has 106 valence electrons. The van der Waals surface area contributed by atoms with E-state index < -0.39 is 5.82 Å². The lowest BCUT2D eigenvalue weighted by molar-refractivity contribution is 0.441. The first-order valence-corrected chi connectivity index (χ1v) is 7.22. The number of nitrogens with zero attached hydrogens (tertiary/aromatic N) is 2. The number of hydrogen-bond donors (Lipinski definition) is 1. The van der Waals surface area contributed by atoms with Crippen LogP contribution in [-0.2, 0) is 0 Å². The van der Waals surface area contributed by atoms with E-state index in [2.05, 4.69) is 12.0 Å². The van der Waals surface area contributed by atoms with Crippen LogP contribution in [0.25, 0.3) is 11.3 Å². The molecule has 2 N–H and O–H groups in total. The van der Waals surface area contributed by atoms with Crippen LogP contribution in [0.4, 0.5) is 10.1 Å². The van der Waals surface area contributed by atoms with Crippen molar-refractivity contribution in [2.24, 2.45) is 5.92 Å². The van der Waals surface area contributed by atoms with Crippen molar-refractivity contribution in [1.82, 2.24) is 9.78 Å². The number of benzene rings is 1. The molecule has 1 aliphatic carbocycles. The molecule has 3 nitrogen and oxygen atoms in total. The monoisotopic (exact) mass is 313 g/mol. The number of nitrogens with two attached hydrogens (primary N) is 1. The smallest absolute Gasteiger partial charge is 0.142 e. The minimum absolute atomic E-state index is 0.0110. The molecule has 1 aliphatic rings. The van der Waals surface area contributed by atoms with E-state index in [4.69, 9.17) is 28.9 Å². The van der Waals surface area contributed by atoms with Crippen LogP contribution < -0.4 is 5.73 Å². The van der Waals surface area contributed by atoms with Crippen LogP contribution >= 0.6 is 23.2 Å². The lowest BCUT2D eigenvalue weighted by Gasteiger charge is -2.10. The van der Waals surface area contributed by atoms with Gasteiger partial charge in [0.05, 0.1) is 21.8 Å². The molecular formula is C14H14Cl2FN3. The van der Waals surface area contributed by atoms with Crippen LogP contribution in [0.15, 0.2) is 18.3 Å². The molecule has 0 bridgehead atoms. The molecule has 0 radical (unpaired) electrons. The van der Waals surface area contributed by atoms with Gasteiger partial charge in [0.25, 0.3) is 0 Å². The predicted molar refractivity (Wildman–Crippen MR) is 79.5 cm³/mol. The summed E-state index contributed by atoms with van der Waals surface area (Å²) in [5, 5.41) is 4.80. The van der Waals surface area contributed by atoms with Gasteiger partial charge in [-0.25, -0.2) is 4.39 Å². The van der Waals surface area contributed by atoms with Gasteiger partial charge in [-0.05, 0) is 37.8 Å². The quantitative estimate of drug-likeness (QED) is 0.845. The van der Waals surface area contributed by atoms with E-state index in [0.717, 1.165) is 0 Å². The van der Waals surface area contributed by atoms with Gasteiger partial charge in [-0.3, -0.25) is 4.68 Å². The lowest BCUT2D eigenvalue weighted by atomic mass is 10.1. The summed E-state index contributed by atoms with van der Waals surface area (Å²) in [6.45, 7) is 2.11. The molecule has 1 heterocycles. The Kier molecular flexibility index (Phi) is 3.38. The van der Waals surface area contributed by atoms with E-state index in [0.29, 0.717) is 33.9 Å². The second-order valence-electron chi connectivity index (χ2n) is 5.24. The highest BCUT2D eigenvalue weighted by atomic mass is 35.5. The Balaban J connectivity index is 2.03. The molecule has 1 aromatic heterocycles. The molecule has 0 amide bonds. The average Bonchev–Trinajstić information content (AvgIpc) is 3.17. The van der Waals surface area contributed by atoms with Gasteiger partial charge >= 0.3 is 0 Å². The minimum atomic E-state index is -0.532. The highest BCUT2D eigenvalue weighted by Gasteiger charge is 2.30. The molecule has 2 aromatic rings. The zero-order valence-corrected chi connectivity index (χ0v) is 12.4. The van der Waals surface area contributed by atoms with Crippen molar-refractivity contribution in [3.63, 3.8) is 0 Å². The zero-order valence-electron chi connectivity index (χ0n) is 10.9. The van der Waals surface area contributed by atoms with Crippen LogP contribution in [0.5, 0.6) is 0 Å². The molecular weight excluding hydrogens is 300 g/mol. The minimum Gasteiger partial charge on any atom is -0.396 e. The zero-order chi connectivity index (χ0) is 14.4. The number of aromatic nitrogens is 2. The molecule has 3 rings (SSSR count). The highest BCUT2D eigenvalue weighted by Crippen LogP contribution is 2.41. The third-order valence-electron chi connectivity index (χ3n) is 3.75. The van der Waals surface area contributed by atoms with Crippen molar-refractivity contribution < 1.29 is 4.39 Å². The molecule has 1 unspecified atom stereocenters. The van der Waals surface area contributed by atoms with Crippen molar-refractivity contribution in [2.75, 3.05) is 5.73 Å². The number of anilines is 1. The predicted octanol–water partition coefficient (Wildman–Crippen LogP) is 4.55. The normalized spacial score (nSPS) is 16.4. The fourth-order valence-electron chi connectivity index (χ4n) is 2.32. The summed E-state index contributed by atoms with van der Waals surface area (Å²) in [7, 11) is 0. The average molecular weight is 314 g/mol. The number of rotatable bonds is 3. The van der Waals surface area contributed by atoms with Crippen molar-refractivity contribution >= 4 is 28.9 Å². The Morgan fingerprint density at radius 3 is 2.70 bits per heavy atom. The summed E-state index contributed by atoms with van der Waals surface area (Å²) in [5.41, 5.74) is 7.44. The van der Waals surface area contributed by atoms with Gasteiger partial charge in [-0.2, -0.15) is 5.10 Å². The Morgan fingerprint density at radius 1 is 1.35 bits per heavy atom. The van der Waals surface area contributed by atoms with Gasteiger partial charge < -0.3 is 5.73 Å². The number of hydrogen-bond acceptors (Lipinski definition) is 2. The maximum atomic E-state index is 13.6. The van der Waals surface area contributed by atoms with Gasteiger partial charge in [0.15, 0.2) is 0 Å². The third kappa shape index (κ3) is 2.38.